The number of thioether (sulfide) groups is 1. The van der Waals surface area contributed by atoms with Crippen LogP contribution in [0, 0.1) is 11.6 Å². The molecule has 0 amide bonds. The number of hydrogen-bond donors (Lipinski definition) is 1. The normalized spacial score (nSPS) is 14.1. The van der Waals surface area contributed by atoms with E-state index in [1.165, 1.54) is 17.8 Å². The van der Waals surface area contributed by atoms with E-state index in [2.05, 4.69) is 0 Å². The van der Waals surface area contributed by atoms with Crippen molar-refractivity contribution in [3.63, 3.8) is 0 Å². The molecule has 0 aromatic heterocycles. The van der Waals surface area contributed by atoms with Gasteiger partial charge in [0.15, 0.2) is 11.6 Å². The van der Waals surface area contributed by atoms with Crippen molar-refractivity contribution in [2.45, 2.75) is 23.1 Å². The molecule has 0 fully saturated rings. The predicted molar refractivity (Wildman–Crippen MR) is 80.1 cm³/mol. The van der Waals surface area contributed by atoms with Gasteiger partial charge in [-0.05, 0) is 42.8 Å². The van der Waals surface area contributed by atoms with Crippen molar-refractivity contribution in [1.82, 2.24) is 0 Å². The van der Waals surface area contributed by atoms with Crippen LogP contribution in [0.15, 0.2) is 47.4 Å². The van der Waals surface area contributed by atoms with E-state index >= 15 is 0 Å². The first-order chi connectivity index (χ1) is 9.47. The topological polar surface area (TPSA) is 26.0 Å². The summed E-state index contributed by atoms with van der Waals surface area (Å²) in [6, 6.07) is 11.1. The van der Waals surface area contributed by atoms with Crippen LogP contribution in [-0.4, -0.2) is 6.04 Å². The second kappa shape index (κ2) is 6.57. The maximum Gasteiger partial charge on any atom is 0.159 e. The van der Waals surface area contributed by atoms with Crippen LogP contribution < -0.4 is 5.73 Å². The van der Waals surface area contributed by atoms with Crippen molar-refractivity contribution in [3.05, 3.63) is 64.7 Å². The molecule has 0 aliphatic rings. The zero-order valence-electron chi connectivity index (χ0n) is 10.8. The summed E-state index contributed by atoms with van der Waals surface area (Å²) < 4.78 is 26.2. The summed E-state index contributed by atoms with van der Waals surface area (Å²) in [5, 5.41) is 0.539. The first kappa shape index (κ1) is 15.3. The van der Waals surface area contributed by atoms with Crippen molar-refractivity contribution in [2.24, 2.45) is 5.73 Å². The third-order valence-corrected chi connectivity index (χ3v) is 4.53. The number of nitrogens with two attached hydrogens (primary N) is 1. The van der Waals surface area contributed by atoms with Crippen LogP contribution in [0.2, 0.25) is 5.02 Å². The van der Waals surface area contributed by atoms with Crippen LogP contribution in [0.3, 0.4) is 0 Å². The number of benzene rings is 2. The highest BCUT2D eigenvalue weighted by atomic mass is 35.5. The Morgan fingerprint density at radius 1 is 1.10 bits per heavy atom. The zero-order valence-corrected chi connectivity index (χ0v) is 12.4. The molecule has 0 radical (unpaired) electrons. The molecular formula is C15H14ClF2NS. The van der Waals surface area contributed by atoms with Gasteiger partial charge in [0, 0.05) is 21.2 Å². The molecule has 0 heterocycles. The second-order valence-electron chi connectivity index (χ2n) is 4.53. The first-order valence-corrected chi connectivity index (χ1v) is 7.36. The van der Waals surface area contributed by atoms with E-state index < -0.39 is 11.6 Å². The average molecular weight is 314 g/mol. The fraction of sp³-hybridized carbons (Fsp3) is 0.200. The van der Waals surface area contributed by atoms with Crippen LogP contribution in [0.4, 0.5) is 8.78 Å². The Morgan fingerprint density at radius 2 is 1.85 bits per heavy atom. The zero-order chi connectivity index (χ0) is 14.7. The molecule has 2 rings (SSSR count). The SMILES string of the molecule is CC(N)C(Sc1ccc(F)c(F)c1)c1cccc(Cl)c1. The minimum Gasteiger partial charge on any atom is -0.327 e. The van der Waals surface area contributed by atoms with E-state index in [9.17, 15) is 8.78 Å². The van der Waals surface area contributed by atoms with E-state index in [1.807, 2.05) is 25.1 Å². The lowest BCUT2D eigenvalue weighted by molar-refractivity contribution is 0.506. The largest absolute Gasteiger partial charge is 0.327 e. The standard InChI is InChI=1S/C15H14ClF2NS/c1-9(19)15(10-3-2-4-11(16)7-10)20-12-5-6-13(17)14(18)8-12/h2-9,15H,19H2,1H3. The van der Waals surface area contributed by atoms with E-state index in [1.54, 1.807) is 12.1 Å². The van der Waals surface area contributed by atoms with Crippen molar-refractivity contribution in [1.29, 1.82) is 0 Å². The third kappa shape index (κ3) is 3.72. The highest BCUT2D eigenvalue weighted by Crippen LogP contribution is 2.38. The molecule has 2 aromatic rings. The highest BCUT2D eigenvalue weighted by molar-refractivity contribution is 7.99. The van der Waals surface area contributed by atoms with Crippen molar-refractivity contribution >= 4 is 23.4 Å². The quantitative estimate of drug-likeness (QED) is 0.821. The maximum absolute atomic E-state index is 13.3. The van der Waals surface area contributed by atoms with Gasteiger partial charge in [-0.1, -0.05) is 23.7 Å². The third-order valence-electron chi connectivity index (χ3n) is 2.81. The Kier molecular flexibility index (Phi) is 5.02. The van der Waals surface area contributed by atoms with Crippen LogP contribution in [0.1, 0.15) is 17.7 Å². The lowest BCUT2D eigenvalue weighted by atomic mass is 10.1. The molecule has 0 saturated heterocycles. The van der Waals surface area contributed by atoms with Crippen LogP contribution in [0.25, 0.3) is 0 Å². The molecule has 2 atom stereocenters. The Hall–Kier alpha value is -1.10. The van der Waals surface area contributed by atoms with Gasteiger partial charge in [-0.2, -0.15) is 0 Å². The van der Waals surface area contributed by atoms with Gasteiger partial charge in [-0.25, -0.2) is 8.78 Å². The molecule has 5 heteroatoms. The Balaban J connectivity index is 2.28. The minimum atomic E-state index is -0.857. The fourth-order valence-electron chi connectivity index (χ4n) is 1.86. The van der Waals surface area contributed by atoms with Crippen LogP contribution >= 0.6 is 23.4 Å². The van der Waals surface area contributed by atoms with Crippen molar-refractivity contribution in [2.75, 3.05) is 0 Å². The molecule has 0 saturated carbocycles. The summed E-state index contributed by atoms with van der Waals surface area (Å²) in [6.45, 7) is 1.87. The Labute approximate surface area is 126 Å². The summed E-state index contributed by atoms with van der Waals surface area (Å²) >= 11 is 7.37. The summed E-state index contributed by atoms with van der Waals surface area (Å²) in [4.78, 5) is 0.631. The van der Waals surface area contributed by atoms with Gasteiger partial charge in [0.2, 0.25) is 0 Å². The Bertz CT molecular complexity index is 604. The molecule has 1 nitrogen and oxygen atoms in total. The van der Waals surface area contributed by atoms with Gasteiger partial charge in [0.1, 0.15) is 0 Å². The van der Waals surface area contributed by atoms with Gasteiger partial charge in [-0.15, -0.1) is 11.8 Å². The molecule has 20 heavy (non-hydrogen) atoms. The number of rotatable bonds is 4. The molecule has 106 valence electrons. The predicted octanol–water partition coefficient (Wildman–Crippen LogP) is 4.80. The molecule has 0 bridgehead atoms. The molecule has 2 aromatic carbocycles. The fourth-order valence-corrected chi connectivity index (χ4v) is 3.17. The molecule has 0 aliphatic carbocycles. The van der Waals surface area contributed by atoms with Crippen LogP contribution in [0.5, 0.6) is 0 Å². The molecule has 0 spiro atoms. The van der Waals surface area contributed by atoms with Crippen molar-refractivity contribution < 1.29 is 8.78 Å². The van der Waals surface area contributed by atoms with Crippen LogP contribution in [-0.2, 0) is 0 Å². The first-order valence-electron chi connectivity index (χ1n) is 6.10. The molecule has 2 N–H and O–H groups in total. The summed E-state index contributed by atoms with van der Waals surface area (Å²) in [5.41, 5.74) is 6.96. The van der Waals surface area contributed by atoms with E-state index in [4.69, 9.17) is 17.3 Å². The minimum absolute atomic E-state index is 0.0847. The molecule has 2 unspecified atom stereocenters. The summed E-state index contributed by atoms with van der Waals surface area (Å²) in [7, 11) is 0. The van der Waals surface area contributed by atoms with E-state index in [0.29, 0.717) is 9.92 Å². The van der Waals surface area contributed by atoms with Gasteiger partial charge < -0.3 is 5.73 Å². The molecular weight excluding hydrogens is 300 g/mol. The maximum atomic E-state index is 13.3. The lowest BCUT2D eigenvalue weighted by Crippen LogP contribution is -2.22. The van der Waals surface area contributed by atoms with Gasteiger partial charge in [0.25, 0.3) is 0 Å². The monoisotopic (exact) mass is 313 g/mol. The smallest absolute Gasteiger partial charge is 0.159 e. The number of hydrogen-bond acceptors (Lipinski definition) is 2. The molecule has 0 aliphatic heterocycles. The van der Waals surface area contributed by atoms with E-state index in [0.717, 1.165) is 11.6 Å². The average Bonchev–Trinajstić information content (AvgIpc) is 2.39. The van der Waals surface area contributed by atoms with E-state index in [-0.39, 0.29) is 11.3 Å². The van der Waals surface area contributed by atoms with Gasteiger partial charge in [-0.3, -0.25) is 0 Å². The Morgan fingerprint density at radius 3 is 2.45 bits per heavy atom. The second-order valence-corrected chi connectivity index (χ2v) is 6.18. The number of halogens is 3. The summed E-state index contributed by atoms with van der Waals surface area (Å²) in [6.07, 6.45) is 0. The highest BCUT2D eigenvalue weighted by Gasteiger charge is 2.18. The van der Waals surface area contributed by atoms with Crippen molar-refractivity contribution in [3.8, 4) is 0 Å². The van der Waals surface area contributed by atoms with Gasteiger partial charge in [0.05, 0.1) is 0 Å². The summed E-state index contributed by atoms with van der Waals surface area (Å²) in [5.74, 6) is -1.71. The van der Waals surface area contributed by atoms with Gasteiger partial charge >= 0.3 is 0 Å². The lowest BCUT2D eigenvalue weighted by Gasteiger charge is -2.21.